The van der Waals surface area contributed by atoms with Gasteiger partial charge >= 0.3 is 0 Å². The summed E-state index contributed by atoms with van der Waals surface area (Å²) in [4.78, 5) is 3.45. The van der Waals surface area contributed by atoms with E-state index in [1.165, 1.54) is 27.1 Å². The Kier molecular flexibility index (Phi) is 1.52. The maximum atomic E-state index is 5.33. The molecule has 0 aliphatic carbocycles. The highest BCUT2D eigenvalue weighted by atomic mass is 16.5. The zero-order chi connectivity index (χ0) is 11.4. The third-order valence-electron chi connectivity index (χ3n) is 3.44. The largest absolute Gasteiger partial charge is 0.497 e. The molecule has 0 unspecified atom stereocenters. The van der Waals surface area contributed by atoms with Crippen molar-refractivity contribution in [2.75, 3.05) is 7.11 Å². The van der Waals surface area contributed by atoms with E-state index in [9.17, 15) is 0 Å². The highest BCUT2D eigenvalue weighted by molar-refractivity contribution is 6.23. The van der Waals surface area contributed by atoms with Gasteiger partial charge in [0.15, 0.2) is 0 Å². The number of hydrogen-bond donors (Lipinski definition) is 1. The van der Waals surface area contributed by atoms with E-state index in [0.29, 0.717) is 0 Å². The Hall–Kier alpha value is -2.22. The Bertz CT molecular complexity index is 828. The van der Waals surface area contributed by atoms with Crippen molar-refractivity contribution < 1.29 is 4.74 Å². The normalized spacial score (nSPS) is 11.8. The average molecular weight is 221 g/mol. The Labute approximate surface area is 98.1 Å². The quantitative estimate of drug-likeness (QED) is 0.484. The zero-order valence-electron chi connectivity index (χ0n) is 9.45. The number of aromatic nitrogens is 1. The standard InChI is InChI=1S/C15H11NO/c1-17-11-7-10-6-5-9-3-2-4-12-14(9)15(10)13(8-11)16-12/h2-8,16H,1H3. The van der Waals surface area contributed by atoms with Crippen LogP contribution in [0.15, 0.2) is 42.5 Å². The highest BCUT2D eigenvalue weighted by Gasteiger charge is 2.11. The summed E-state index contributed by atoms with van der Waals surface area (Å²) in [5.74, 6) is 0.896. The van der Waals surface area contributed by atoms with Gasteiger partial charge in [0.25, 0.3) is 0 Å². The Morgan fingerprint density at radius 2 is 1.71 bits per heavy atom. The van der Waals surface area contributed by atoms with Crippen LogP contribution < -0.4 is 4.74 Å². The van der Waals surface area contributed by atoms with Crippen molar-refractivity contribution in [3.63, 3.8) is 0 Å². The summed E-state index contributed by atoms with van der Waals surface area (Å²) >= 11 is 0. The first-order valence-corrected chi connectivity index (χ1v) is 5.67. The molecule has 2 nitrogen and oxygen atoms in total. The van der Waals surface area contributed by atoms with E-state index >= 15 is 0 Å². The molecular weight excluding hydrogens is 210 g/mol. The molecule has 0 fully saturated rings. The molecule has 4 rings (SSSR count). The molecule has 3 aromatic carbocycles. The van der Waals surface area contributed by atoms with E-state index in [-0.39, 0.29) is 0 Å². The van der Waals surface area contributed by atoms with Crippen LogP contribution >= 0.6 is 0 Å². The SMILES string of the molecule is COc1cc2ccc3cccc4[nH]c(c1)c2c34. The lowest BCUT2D eigenvalue weighted by atomic mass is 10.0. The van der Waals surface area contributed by atoms with Crippen molar-refractivity contribution in [3.05, 3.63) is 42.5 Å². The van der Waals surface area contributed by atoms with E-state index in [1.54, 1.807) is 7.11 Å². The van der Waals surface area contributed by atoms with Crippen LogP contribution in [0.3, 0.4) is 0 Å². The third kappa shape index (κ3) is 1.04. The Balaban J connectivity index is 2.36. The van der Waals surface area contributed by atoms with Crippen LogP contribution in [0.2, 0.25) is 0 Å². The van der Waals surface area contributed by atoms with Gasteiger partial charge in [-0.3, -0.25) is 0 Å². The number of hydrogen-bond acceptors (Lipinski definition) is 1. The van der Waals surface area contributed by atoms with Crippen LogP contribution in [0, 0.1) is 0 Å². The van der Waals surface area contributed by atoms with Gasteiger partial charge in [0, 0.05) is 22.4 Å². The van der Waals surface area contributed by atoms with E-state index in [2.05, 4.69) is 47.4 Å². The van der Waals surface area contributed by atoms with Crippen molar-refractivity contribution in [3.8, 4) is 5.75 Å². The van der Waals surface area contributed by atoms with Gasteiger partial charge in [0.05, 0.1) is 12.6 Å². The van der Waals surface area contributed by atoms with E-state index < -0.39 is 0 Å². The van der Waals surface area contributed by atoms with Crippen molar-refractivity contribution in [2.45, 2.75) is 0 Å². The second-order valence-corrected chi connectivity index (χ2v) is 4.37. The maximum Gasteiger partial charge on any atom is 0.121 e. The highest BCUT2D eigenvalue weighted by Crippen LogP contribution is 2.36. The smallest absolute Gasteiger partial charge is 0.121 e. The van der Waals surface area contributed by atoms with Gasteiger partial charge in [-0.15, -0.1) is 0 Å². The Morgan fingerprint density at radius 1 is 0.882 bits per heavy atom. The van der Waals surface area contributed by atoms with Gasteiger partial charge in [-0.2, -0.15) is 0 Å². The predicted octanol–water partition coefficient (Wildman–Crippen LogP) is 3.92. The van der Waals surface area contributed by atoms with Crippen LogP contribution in [0.5, 0.6) is 5.75 Å². The predicted molar refractivity (Wildman–Crippen MR) is 71.0 cm³/mol. The minimum absolute atomic E-state index is 0.896. The number of H-pyrrole nitrogens is 1. The molecule has 2 heteroatoms. The molecule has 0 aliphatic rings. The number of methoxy groups -OCH3 is 1. The lowest BCUT2D eigenvalue weighted by Crippen LogP contribution is -1.83. The zero-order valence-corrected chi connectivity index (χ0v) is 9.45. The summed E-state index contributed by atoms with van der Waals surface area (Å²) in [5.41, 5.74) is 2.34. The fourth-order valence-corrected chi connectivity index (χ4v) is 2.68. The summed E-state index contributed by atoms with van der Waals surface area (Å²) < 4.78 is 5.33. The number of benzene rings is 3. The van der Waals surface area contributed by atoms with E-state index in [1.807, 2.05) is 0 Å². The molecule has 1 aromatic heterocycles. The molecule has 1 heterocycles. The number of nitrogens with one attached hydrogen (secondary N) is 1. The van der Waals surface area contributed by atoms with Crippen LogP contribution in [0.4, 0.5) is 0 Å². The minimum Gasteiger partial charge on any atom is -0.497 e. The van der Waals surface area contributed by atoms with Crippen LogP contribution in [0.25, 0.3) is 32.6 Å². The van der Waals surface area contributed by atoms with Gasteiger partial charge in [0.1, 0.15) is 5.75 Å². The first kappa shape index (κ1) is 8.88. The van der Waals surface area contributed by atoms with Gasteiger partial charge in [0.2, 0.25) is 0 Å². The number of aromatic amines is 1. The molecule has 0 saturated carbocycles. The molecule has 0 aliphatic heterocycles. The Morgan fingerprint density at radius 3 is 2.59 bits per heavy atom. The molecule has 1 N–H and O–H groups in total. The molecular formula is C15H11NO. The van der Waals surface area contributed by atoms with E-state index in [0.717, 1.165) is 11.3 Å². The van der Waals surface area contributed by atoms with Crippen molar-refractivity contribution in [1.29, 1.82) is 0 Å². The monoisotopic (exact) mass is 221 g/mol. The third-order valence-corrected chi connectivity index (χ3v) is 3.44. The first-order valence-electron chi connectivity index (χ1n) is 5.67. The summed E-state index contributed by atoms with van der Waals surface area (Å²) in [5, 5.41) is 5.14. The fraction of sp³-hybridized carbons (Fsp3) is 0.0667. The van der Waals surface area contributed by atoms with Crippen molar-refractivity contribution in [2.24, 2.45) is 0 Å². The average Bonchev–Trinajstić information content (AvgIpc) is 2.75. The minimum atomic E-state index is 0.896. The molecule has 0 bridgehead atoms. The summed E-state index contributed by atoms with van der Waals surface area (Å²) in [6.45, 7) is 0. The van der Waals surface area contributed by atoms with Gasteiger partial charge in [-0.05, 0) is 22.9 Å². The van der Waals surface area contributed by atoms with E-state index in [4.69, 9.17) is 4.74 Å². The number of rotatable bonds is 1. The lowest BCUT2D eigenvalue weighted by Gasteiger charge is -2.04. The lowest BCUT2D eigenvalue weighted by molar-refractivity contribution is 0.416. The van der Waals surface area contributed by atoms with Crippen molar-refractivity contribution in [1.82, 2.24) is 4.98 Å². The second kappa shape index (κ2) is 2.92. The summed E-state index contributed by atoms with van der Waals surface area (Å²) in [6, 6.07) is 14.8. The summed E-state index contributed by atoms with van der Waals surface area (Å²) in [6.07, 6.45) is 0. The number of ether oxygens (including phenoxy) is 1. The molecule has 17 heavy (non-hydrogen) atoms. The molecule has 0 radical (unpaired) electrons. The molecule has 0 amide bonds. The molecule has 4 aromatic rings. The molecule has 0 spiro atoms. The molecule has 82 valence electrons. The summed E-state index contributed by atoms with van der Waals surface area (Å²) in [7, 11) is 1.70. The van der Waals surface area contributed by atoms with Crippen LogP contribution in [-0.2, 0) is 0 Å². The van der Waals surface area contributed by atoms with Crippen LogP contribution in [-0.4, -0.2) is 12.1 Å². The maximum absolute atomic E-state index is 5.33. The first-order chi connectivity index (χ1) is 8.36. The van der Waals surface area contributed by atoms with Crippen molar-refractivity contribution >= 4 is 32.6 Å². The van der Waals surface area contributed by atoms with Gasteiger partial charge in [-0.1, -0.05) is 24.3 Å². The van der Waals surface area contributed by atoms with Crippen LogP contribution in [0.1, 0.15) is 0 Å². The van der Waals surface area contributed by atoms with Gasteiger partial charge in [-0.25, -0.2) is 0 Å². The van der Waals surface area contributed by atoms with Gasteiger partial charge < -0.3 is 9.72 Å². The molecule has 0 atom stereocenters. The second-order valence-electron chi connectivity index (χ2n) is 4.37. The molecule has 0 saturated heterocycles. The fourth-order valence-electron chi connectivity index (χ4n) is 2.68. The topological polar surface area (TPSA) is 25.0 Å².